The third-order valence-corrected chi connectivity index (χ3v) is 4.97. The van der Waals surface area contributed by atoms with Crippen LogP contribution in [0.5, 0.6) is 0 Å². The van der Waals surface area contributed by atoms with Crippen molar-refractivity contribution in [3.63, 3.8) is 0 Å². The molecule has 0 radical (unpaired) electrons. The lowest BCUT2D eigenvalue weighted by atomic mass is 9.97. The molecule has 0 unspecified atom stereocenters. The number of nitrogens with one attached hydrogen (secondary N) is 1. The van der Waals surface area contributed by atoms with E-state index < -0.39 is 6.10 Å². The van der Waals surface area contributed by atoms with Crippen LogP contribution in [0, 0.1) is 0 Å². The minimum atomic E-state index is -0.397. The molecule has 1 aliphatic heterocycles. The second-order valence-corrected chi connectivity index (χ2v) is 7.77. The quantitative estimate of drug-likeness (QED) is 0.625. The predicted octanol–water partition coefficient (Wildman–Crippen LogP) is 0.392. The first kappa shape index (κ1) is 21.4. The van der Waals surface area contributed by atoms with Crippen LogP contribution in [0.1, 0.15) is 30.5 Å². The number of ether oxygens (including phenoxy) is 1. The zero-order valence-electron chi connectivity index (χ0n) is 17.1. The van der Waals surface area contributed by atoms with Crippen LogP contribution in [-0.4, -0.2) is 74.8 Å². The summed E-state index contributed by atoms with van der Waals surface area (Å²) in [4.78, 5) is 18.4. The normalized spacial score (nSPS) is 22.0. The number of aryl methyl sites for hydroxylation is 1. The van der Waals surface area contributed by atoms with Crippen LogP contribution in [-0.2, 0) is 29.0 Å². The van der Waals surface area contributed by atoms with Crippen molar-refractivity contribution in [1.82, 2.24) is 30.2 Å². The molecule has 158 valence electrons. The molecule has 9 heteroatoms. The van der Waals surface area contributed by atoms with Crippen LogP contribution >= 0.6 is 0 Å². The first-order valence-corrected chi connectivity index (χ1v) is 10.0. The summed E-state index contributed by atoms with van der Waals surface area (Å²) < 4.78 is 7.88. The maximum absolute atomic E-state index is 12.3. The van der Waals surface area contributed by atoms with E-state index in [1.165, 1.54) is 0 Å². The minimum Gasteiger partial charge on any atom is -0.394 e. The van der Waals surface area contributed by atoms with Gasteiger partial charge in [-0.2, -0.15) is 0 Å². The first-order chi connectivity index (χ1) is 14.0. The van der Waals surface area contributed by atoms with Gasteiger partial charge in [-0.1, -0.05) is 11.3 Å². The fourth-order valence-electron chi connectivity index (χ4n) is 3.58. The van der Waals surface area contributed by atoms with Gasteiger partial charge in [-0.15, -0.1) is 5.10 Å². The van der Waals surface area contributed by atoms with E-state index in [-0.39, 0.29) is 31.1 Å². The SMILES string of the molecule is CN(C)Cc1cn(CC[C@@H]2CC[C@H](NC(=O)Cc3cccnc3)[C@H](CO)O2)nn1. The highest BCUT2D eigenvalue weighted by Crippen LogP contribution is 2.22. The minimum absolute atomic E-state index is 0.0279. The Morgan fingerprint density at radius 1 is 1.41 bits per heavy atom. The van der Waals surface area contributed by atoms with Gasteiger partial charge in [0.15, 0.2) is 0 Å². The lowest BCUT2D eigenvalue weighted by molar-refractivity contribution is -0.128. The lowest BCUT2D eigenvalue weighted by Gasteiger charge is -2.36. The van der Waals surface area contributed by atoms with Crippen molar-refractivity contribution in [3.05, 3.63) is 42.0 Å². The van der Waals surface area contributed by atoms with Crippen molar-refractivity contribution in [2.75, 3.05) is 20.7 Å². The van der Waals surface area contributed by atoms with E-state index in [1.54, 1.807) is 12.4 Å². The summed E-state index contributed by atoms with van der Waals surface area (Å²) in [5.74, 6) is -0.0838. The summed E-state index contributed by atoms with van der Waals surface area (Å²) in [7, 11) is 3.99. The van der Waals surface area contributed by atoms with Crippen molar-refractivity contribution in [2.45, 2.75) is 57.0 Å². The summed E-state index contributed by atoms with van der Waals surface area (Å²) in [6.07, 6.45) is 7.61. The zero-order valence-corrected chi connectivity index (χ0v) is 17.1. The molecule has 1 amide bonds. The standard InChI is InChI=1S/C20H30N6O3/c1-25(2)12-16-13-26(24-23-16)9-7-17-5-6-18(19(14-27)29-17)22-20(28)10-15-4-3-8-21-11-15/h3-4,8,11,13,17-19,27H,5-7,9-10,12,14H2,1-2H3,(H,22,28)/t17-,18-,19-/m0/s1. The van der Waals surface area contributed by atoms with Gasteiger partial charge >= 0.3 is 0 Å². The van der Waals surface area contributed by atoms with E-state index >= 15 is 0 Å². The summed E-state index contributed by atoms with van der Waals surface area (Å²) in [5.41, 5.74) is 1.80. The summed E-state index contributed by atoms with van der Waals surface area (Å²) >= 11 is 0. The number of rotatable bonds is 9. The molecule has 2 aromatic rings. The molecule has 3 rings (SSSR count). The Bertz CT molecular complexity index is 767. The molecule has 3 heterocycles. The summed E-state index contributed by atoms with van der Waals surface area (Å²) in [6.45, 7) is 1.35. The largest absolute Gasteiger partial charge is 0.394 e. The lowest BCUT2D eigenvalue weighted by Crippen LogP contribution is -2.51. The Hall–Kier alpha value is -2.36. The van der Waals surface area contributed by atoms with Crippen molar-refractivity contribution in [3.8, 4) is 0 Å². The number of carbonyl (C=O) groups excluding carboxylic acids is 1. The molecule has 1 aliphatic rings. The van der Waals surface area contributed by atoms with Crippen molar-refractivity contribution in [1.29, 1.82) is 0 Å². The van der Waals surface area contributed by atoms with Crippen LogP contribution in [0.3, 0.4) is 0 Å². The highest BCUT2D eigenvalue weighted by atomic mass is 16.5. The molecule has 0 spiro atoms. The van der Waals surface area contributed by atoms with E-state index in [2.05, 4.69) is 20.6 Å². The Balaban J connectivity index is 1.45. The van der Waals surface area contributed by atoms with Gasteiger partial charge in [0.25, 0.3) is 0 Å². The Labute approximate surface area is 171 Å². The van der Waals surface area contributed by atoms with E-state index in [9.17, 15) is 9.90 Å². The average Bonchev–Trinajstić information content (AvgIpc) is 3.14. The van der Waals surface area contributed by atoms with Gasteiger partial charge in [-0.25, -0.2) is 0 Å². The zero-order chi connectivity index (χ0) is 20.6. The third-order valence-electron chi connectivity index (χ3n) is 4.97. The van der Waals surface area contributed by atoms with Crippen LogP contribution in [0.2, 0.25) is 0 Å². The number of aliphatic hydroxyl groups excluding tert-OH is 1. The Kier molecular flexibility index (Phi) is 7.68. The number of hydrogen-bond donors (Lipinski definition) is 2. The highest BCUT2D eigenvalue weighted by molar-refractivity contribution is 5.78. The van der Waals surface area contributed by atoms with E-state index in [0.717, 1.165) is 37.1 Å². The molecule has 9 nitrogen and oxygen atoms in total. The molecular formula is C20H30N6O3. The van der Waals surface area contributed by atoms with Crippen LogP contribution < -0.4 is 5.32 Å². The van der Waals surface area contributed by atoms with Crippen LogP contribution in [0.4, 0.5) is 0 Å². The third kappa shape index (κ3) is 6.59. The van der Waals surface area contributed by atoms with Gasteiger partial charge in [0.2, 0.25) is 5.91 Å². The molecule has 0 aromatic carbocycles. The second-order valence-electron chi connectivity index (χ2n) is 7.77. The number of aromatic nitrogens is 4. The van der Waals surface area contributed by atoms with Crippen LogP contribution in [0.25, 0.3) is 0 Å². The fourth-order valence-corrected chi connectivity index (χ4v) is 3.58. The summed E-state index contributed by atoms with van der Waals surface area (Å²) in [6, 6.07) is 3.50. The van der Waals surface area contributed by atoms with Crippen molar-refractivity contribution in [2.24, 2.45) is 0 Å². The number of aliphatic hydroxyl groups is 1. The van der Waals surface area contributed by atoms with Gasteiger partial charge in [0.05, 0.1) is 30.9 Å². The van der Waals surface area contributed by atoms with Crippen LogP contribution in [0.15, 0.2) is 30.7 Å². The maximum atomic E-state index is 12.3. The van der Waals surface area contributed by atoms with Gasteiger partial charge in [0.1, 0.15) is 6.10 Å². The first-order valence-electron chi connectivity index (χ1n) is 10.0. The van der Waals surface area contributed by atoms with Crippen molar-refractivity contribution < 1.29 is 14.6 Å². The number of pyridine rings is 1. The number of carbonyl (C=O) groups is 1. The maximum Gasteiger partial charge on any atom is 0.224 e. The molecule has 0 bridgehead atoms. The second kappa shape index (κ2) is 10.4. The molecule has 2 aromatic heterocycles. The monoisotopic (exact) mass is 402 g/mol. The number of hydrogen-bond acceptors (Lipinski definition) is 7. The molecule has 2 N–H and O–H groups in total. The fraction of sp³-hybridized carbons (Fsp3) is 0.600. The van der Waals surface area contributed by atoms with E-state index in [1.807, 2.05) is 42.0 Å². The number of nitrogens with zero attached hydrogens (tertiary/aromatic N) is 5. The molecule has 1 saturated heterocycles. The smallest absolute Gasteiger partial charge is 0.224 e. The molecule has 29 heavy (non-hydrogen) atoms. The average molecular weight is 402 g/mol. The highest BCUT2D eigenvalue weighted by Gasteiger charge is 2.31. The van der Waals surface area contributed by atoms with Gasteiger partial charge in [-0.05, 0) is 45.0 Å². The predicted molar refractivity (Wildman–Crippen MR) is 107 cm³/mol. The Morgan fingerprint density at radius 3 is 3.00 bits per heavy atom. The van der Waals surface area contributed by atoms with E-state index in [0.29, 0.717) is 6.54 Å². The van der Waals surface area contributed by atoms with E-state index in [4.69, 9.17) is 4.74 Å². The molecular weight excluding hydrogens is 372 g/mol. The topological polar surface area (TPSA) is 105 Å². The van der Waals surface area contributed by atoms with Gasteiger partial charge < -0.3 is 20.1 Å². The Morgan fingerprint density at radius 2 is 2.28 bits per heavy atom. The van der Waals surface area contributed by atoms with Gasteiger partial charge in [0, 0.05) is 31.7 Å². The molecule has 0 saturated carbocycles. The van der Waals surface area contributed by atoms with Gasteiger partial charge in [-0.3, -0.25) is 14.5 Å². The summed E-state index contributed by atoms with van der Waals surface area (Å²) in [5, 5.41) is 21.1. The molecule has 0 aliphatic carbocycles. The molecule has 1 fully saturated rings. The number of amides is 1. The van der Waals surface area contributed by atoms with Crippen molar-refractivity contribution >= 4 is 5.91 Å². The molecule has 3 atom stereocenters.